The van der Waals surface area contributed by atoms with E-state index in [0.29, 0.717) is 25.4 Å². The van der Waals surface area contributed by atoms with Crippen LogP contribution in [0.5, 0.6) is 0 Å². The fraction of sp³-hybridized carbons (Fsp3) is 0.308. The highest BCUT2D eigenvalue weighted by atomic mass is 16.6. The summed E-state index contributed by atoms with van der Waals surface area (Å²) in [4.78, 5) is 15.3. The van der Waals surface area contributed by atoms with Gasteiger partial charge in [0.1, 0.15) is 6.10 Å². The number of carbonyl (C=O) groups is 1. The Morgan fingerprint density at radius 2 is 2.18 bits per heavy atom. The van der Waals surface area contributed by atoms with Crippen LogP contribution in [0.1, 0.15) is 10.4 Å². The Morgan fingerprint density at radius 1 is 1.29 bits per heavy atom. The van der Waals surface area contributed by atoms with Gasteiger partial charge < -0.3 is 14.5 Å². The Hall–Kier alpha value is -1.65. The fourth-order valence-electron chi connectivity index (χ4n) is 2.09. The van der Waals surface area contributed by atoms with Crippen molar-refractivity contribution >= 4 is 16.7 Å². The van der Waals surface area contributed by atoms with Crippen LogP contribution in [0.15, 0.2) is 30.5 Å². The molecule has 0 bridgehead atoms. The molecular formula is C13H13NO3. The van der Waals surface area contributed by atoms with Crippen molar-refractivity contribution < 1.29 is 14.3 Å². The van der Waals surface area contributed by atoms with E-state index in [4.69, 9.17) is 9.47 Å². The van der Waals surface area contributed by atoms with Crippen molar-refractivity contribution in [3.63, 3.8) is 0 Å². The van der Waals surface area contributed by atoms with Crippen molar-refractivity contribution in [1.82, 2.24) is 4.98 Å². The fourth-order valence-corrected chi connectivity index (χ4v) is 2.09. The van der Waals surface area contributed by atoms with Crippen LogP contribution in [0.25, 0.3) is 10.9 Å². The first-order chi connectivity index (χ1) is 8.36. The molecule has 3 rings (SSSR count). The van der Waals surface area contributed by atoms with Crippen LogP contribution in [0.3, 0.4) is 0 Å². The third-order valence-corrected chi connectivity index (χ3v) is 2.96. The lowest BCUT2D eigenvalue weighted by molar-refractivity contribution is -0.0718. The summed E-state index contributed by atoms with van der Waals surface area (Å²) in [5.41, 5.74) is 1.64. The summed E-state index contributed by atoms with van der Waals surface area (Å²) >= 11 is 0. The first kappa shape index (κ1) is 10.5. The lowest BCUT2D eigenvalue weighted by Gasteiger charge is -2.21. The lowest BCUT2D eigenvalue weighted by Crippen LogP contribution is -2.35. The number of fused-ring (bicyclic) bond motifs is 1. The zero-order chi connectivity index (χ0) is 11.7. The molecule has 0 amide bonds. The van der Waals surface area contributed by atoms with E-state index >= 15 is 0 Å². The molecule has 1 aromatic heterocycles. The van der Waals surface area contributed by atoms with Gasteiger partial charge in [-0.1, -0.05) is 18.2 Å². The summed E-state index contributed by atoms with van der Waals surface area (Å²) in [5.74, 6) is -0.0119. The number of hydrogen-bond donors (Lipinski definition) is 1. The van der Waals surface area contributed by atoms with Crippen LogP contribution >= 0.6 is 0 Å². The highest BCUT2D eigenvalue weighted by Gasteiger charge is 2.25. The third-order valence-electron chi connectivity index (χ3n) is 2.96. The van der Waals surface area contributed by atoms with Gasteiger partial charge in [0.2, 0.25) is 0 Å². The van der Waals surface area contributed by atoms with Gasteiger partial charge in [0.25, 0.3) is 0 Å². The molecule has 0 spiro atoms. The first-order valence-electron chi connectivity index (χ1n) is 5.66. The number of aromatic amines is 1. The topological polar surface area (TPSA) is 51.3 Å². The number of ether oxygens (including phenoxy) is 2. The van der Waals surface area contributed by atoms with Crippen LogP contribution in [0.4, 0.5) is 0 Å². The number of nitrogens with one attached hydrogen (secondary N) is 1. The van der Waals surface area contributed by atoms with Crippen LogP contribution < -0.4 is 0 Å². The minimum absolute atomic E-state index is 0.0119. The van der Waals surface area contributed by atoms with Gasteiger partial charge in [-0.25, -0.2) is 0 Å². The monoisotopic (exact) mass is 231 g/mol. The smallest absolute Gasteiger partial charge is 0.196 e. The lowest BCUT2D eigenvalue weighted by atomic mass is 10.1. The molecule has 1 saturated heterocycles. The normalized spacial score (nSPS) is 20.6. The predicted octanol–water partition coefficient (Wildman–Crippen LogP) is 1.77. The van der Waals surface area contributed by atoms with Crippen LogP contribution in [0, 0.1) is 0 Å². The van der Waals surface area contributed by atoms with Crippen LogP contribution in [-0.2, 0) is 9.47 Å². The number of hydrogen-bond acceptors (Lipinski definition) is 3. The number of carbonyl (C=O) groups excluding carboxylic acids is 1. The second kappa shape index (κ2) is 4.31. The summed E-state index contributed by atoms with van der Waals surface area (Å²) in [6.45, 7) is 1.40. The minimum atomic E-state index is -0.469. The van der Waals surface area contributed by atoms with Gasteiger partial charge in [0.05, 0.1) is 19.8 Å². The molecule has 4 nitrogen and oxygen atoms in total. The van der Waals surface area contributed by atoms with E-state index in [-0.39, 0.29) is 5.78 Å². The van der Waals surface area contributed by atoms with Gasteiger partial charge in [-0.05, 0) is 6.07 Å². The van der Waals surface area contributed by atoms with E-state index in [0.717, 1.165) is 10.9 Å². The molecule has 2 aromatic rings. The van der Waals surface area contributed by atoms with Gasteiger partial charge in [-0.2, -0.15) is 0 Å². The van der Waals surface area contributed by atoms with E-state index in [9.17, 15) is 4.79 Å². The number of ketones is 1. The summed E-state index contributed by atoms with van der Waals surface area (Å²) < 4.78 is 10.7. The quantitative estimate of drug-likeness (QED) is 0.801. The zero-order valence-corrected chi connectivity index (χ0v) is 9.31. The molecule has 0 aliphatic carbocycles. The largest absolute Gasteiger partial charge is 0.376 e. The van der Waals surface area contributed by atoms with Gasteiger partial charge in [0.15, 0.2) is 5.78 Å². The number of H-pyrrole nitrogens is 1. The van der Waals surface area contributed by atoms with Gasteiger partial charge >= 0.3 is 0 Å². The second-order valence-corrected chi connectivity index (χ2v) is 4.05. The Morgan fingerprint density at radius 3 is 3.00 bits per heavy atom. The van der Waals surface area contributed by atoms with Gasteiger partial charge in [-0.3, -0.25) is 4.79 Å². The zero-order valence-electron chi connectivity index (χ0n) is 9.31. The minimum Gasteiger partial charge on any atom is -0.376 e. The van der Waals surface area contributed by atoms with E-state index in [1.165, 1.54) is 0 Å². The number of benzene rings is 1. The van der Waals surface area contributed by atoms with Crippen molar-refractivity contribution in [3.8, 4) is 0 Å². The first-order valence-corrected chi connectivity index (χ1v) is 5.66. The Bertz CT molecular complexity index is 540. The van der Waals surface area contributed by atoms with Crippen molar-refractivity contribution in [2.45, 2.75) is 6.10 Å². The number of aromatic nitrogens is 1. The maximum Gasteiger partial charge on any atom is 0.196 e. The second-order valence-electron chi connectivity index (χ2n) is 4.05. The van der Waals surface area contributed by atoms with Crippen LogP contribution in [0.2, 0.25) is 0 Å². The van der Waals surface area contributed by atoms with E-state index in [1.807, 2.05) is 24.3 Å². The number of rotatable bonds is 2. The number of Topliss-reactive ketones (excluding diaryl/α,β-unsaturated/α-hetero) is 1. The van der Waals surface area contributed by atoms with E-state index in [2.05, 4.69) is 4.98 Å². The van der Waals surface area contributed by atoms with Crippen LogP contribution in [-0.4, -0.2) is 36.7 Å². The van der Waals surface area contributed by atoms with Crippen molar-refractivity contribution in [3.05, 3.63) is 36.0 Å². The molecule has 4 heteroatoms. The highest BCUT2D eigenvalue weighted by molar-refractivity contribution is 6.10. The van der Waals surface area contributed by atoms with Crippen molar-refractivity contribution in [2.24, 2.45) is 0 Å². The molecule has 1 aliphatic rings. The summed E-state index contributed by atoms with van der Waals surface area (Å²) in [7, 11) is 0. The maximum atomic E-state index is 12.2. The maximum absolute atomic E-state index is 12.2. The molecule has 1 aliphatic heterocycles. The average molecular weight is 231 g/mol. The Labute approximate surface area is 98.5 Å². The standard InChI is InChI=1S/C13H13NO3/c15-13(12-8-16-5-6-17-12)10-7-14-11-4-2-1-3-9(10)11/h1-4,7,12,14H,5-6,8H2. The highest BCUT2D eigenvalue weighted by Crippen LogP contribution is 2.20. The Kier molecular flexibility index (Phi) is 2.66. The molecule has 1 aromatic carbocycles. The molecule has 17 heavy (non-hydrogen) atoms. The molecule has 1 unspecified atom stereocenters. The van der Waals surface area contributed by atoms with Crippen molar-refractivity contribution in [2.75, 3.05) is 19.8 Å². The summed E-state index contributed by atoms with van der Waals surface area (Å²) in [6, 6.07) is 7.74. The molecule has 1 N–H and O–H groups in total. The van der Waals surface area contributed by atoms with E-state index in [1.54, 1.807) is 6.20 Å². The third kappa shape index (κ3) is 1.85. The molecule has 2 heterocycles. The predicted molar refractivity (Wildman–Crippen MR) is 63.2 cm³/mol. The SMILES string of the molecule is O=C(c1c[nH]c2ccccc12)C1COCCO1. The molecule has 1 fully saturated rings. The number of para-hydroxylation sites is 1. The molecule has 0 saturated carbocycles. The van der Waals surface area contributed by atoms with E-state index < -0.39 is 6.10 Å². The van der Waals surface area contributed by atoms with Gasteiger partial charge in [-0.15, -0.1) is 0 Å². The molecule has 0 radical (unpaired) electrons. The van der Waals surface area contributed by atoms with Gasteiger partial charge in [0, 0.05) is 22.7 Å². The average Bonchev–Trinajstić information content (AvgIpc) is 2.83. The summed E-state index contributed by atoms with van der Waals surface area (Å²) in [5, 5.41) is 0.937. The molecule has 1 atom stereocenters. The molecular weight excluding hydrogens is 218 g/mol. The molecule has 88 valence electrons. The Balaban J connectivity index is 1.95. The summed E-state index contributed by atoms with van der Waals surface area (Å²) in [6.07, 6.45) is 1.27. The van der Waals surface area contributed by atoms with Crippen molar-refractivity contribution in [1.29, 1.82) is 0 Å².